The molecule has 2 aliphatic heterocycles. The molecule has 1 unspecified atom stereocenters. The van der Waals surface area contributed by atoms with E-state index >= 15 is 0 Å². The Morgan fingerprint density at radius 2 is 1.83 bits per heavy atom. The van der Waals surface area contributed by atoms with Gasteiger partial charge in [-0.1, -0.05) is 30.3 Å². The van der Waals surface area contributed by atoms with Gasteiger partial charge in [-0.15, -0.1) is 0 Å². The van der Waals surface area contributed by atoms with E-state index in [9.17, 15) is 9.59 Å². The van der Waals surface area contributed by atoms with E-state index in [0.29, 0.717) is 12.6 Å². The van der Waals surface area contributed by atoms with Gasteiger partial charge in [0.2, 0.25) is 5.91 Å². The number of rotatable bonds is 2. The Bertz CT molecular complexity index is 567. The van der Waals surface area contributed by atoms with Crippen molar-refractivity contribution in [1.29, 1.82) is 0 Å². The van der Waals surface area contributed by atoms with E-state index in [1.807, 2.05) is 17.9 Å². The molecule has 2 saturated heterocycles. The van der Waals surface area contributed by atoms with Gasteiger partial charge in [0.05, 0.1) is 6.67 Å². The van der Waals surface area contributed by atoms with Crippen LogP contribution in [-0.2, 0) is 11.2 Å². The molecule has 1 atom stereocenters. The molecule has 0 aliphatic carbocycles. The van der Waals surface area contributed by atoms with Crippen molar-refractivity contribution < 1.29 is 9.59 Å². The molecule has 124 valence electrons. The van der Waals surface area contributed by atoms with Crippen LogP contribution >= 0.6 is 0 Å². The van der Waals surface area contributed by atoms with Crippen LogP contribution in [0.15, 0.2) is 30.3 Å². The van der Waals surface area contributed by atoms with Gasteiger partial charge in [0.25, 0.3) is 0 Å². The first-order chi connectivity index (χ1) is 11.1. The number of urea groups is 1. The summed E-state index contributed by atoms with van der Waals surface area (Å²) in [5.74, 6) is 0.666. The molecule has 3 amide bonds. The Morgan fingerprint density at radius 3 is 2.39 bits per heavy atom. The smallest absolute Gasteiger partial charge is 0.322 e. The topological polar surface area (TPSA) is 43.9 Å². The van der Waals surface area contributed by atoms with Gasteiger partial charge in [-0.2, -0.15) is 0 Å². The molecule has 2 fully saturated rings. The van der Waals surface area contributed by atoms with Gasteiger partial charge < -0.3 is 9.80 Å². The summed E-state index contributed by atoms with van der Waals surface area (Å²) in [6, 6.07) is 10.2. The number of likely N-dealkylation sites (N-methyl/N-ethyl adjacent to an activating group) is 1. The average molecular weight is 315 g/mol. The number of nitrogens with zero attached hydrogens (tertiary/aromatic N) is 3. The first kappa shape index (κ1) is 15.8. The molecule has 0 aromatic heterocycles. The lowest BCUT2D eigenvalue weighted by Crippen LogP contribution is -2.48. The van der Waals surface area contributed by atoms with E-state index in [1.165, 1.54) is 5.56 Å². The average Bonchev–Trinajstić information content (AvgIpc) is 2.83. The molecule has 0 N–H and O–H groups in total. The van der Waals surface area contributed by atoms with Crippen LogP contribution in [0.5, 0.6) is 0 Å². The van der Waals surface area contributed by atoms with Crippen molar-refractivity contribution in [3.05, 3.63) is 35.9 Å². The molecule has 0 saturated carbocycles. The van der Waals surface area contributed by atoms with Gasteiger partial charge in [-0.05, 0) is 37.7 Å². The van der Waals surface area contributed by atoms with E-state index in [2.05, 4.69) is 24.3 Å². The largest absolute Gasteiger partial charge is 0.326 e. The Kier molecular flexibility index (Phi) is 4.55. The summed E-state index contributed by atoms with van der Waals surface area (Å²) in [6.07, 6.45) is 3.16. The van der Waals surface area contributed by atoms with Crippen LogP contribution in [0, 0.1) is 5.92 Å². The minimum atomic E-state index is -0.338. The van der Waals surface area contributed by atoms with Crippen molar-refractivity contribution in [2.24, 2.45) is 5.92 Å². The lowest BCUT2D eigenvalue weighted by atomic mass is 9.90. The van der Waals surface area contributed by atoms with Gasteiger partial charge >= 0.3 is 6.03 Å². The third kappa shape index (κ3) is 3.33. The summed E-state index contributed by atoms with van der Waals surface area (Å²) in [5.41, 5.74) is 1.37. The molecule has 1 aromatic rings. The zero-order chi connectivity index (χ0) is 16.4. The third-order valence-electron chi connectivity index (χ3n) is 5.06. The number of carbonyl (C=O) groups excluding carboxylic acids is 2. The molecule has 2 heterocycles. The van der Waals surface area contributed by atoms with E-state index in [-0.39, 0.29) is 18.0 Å². The van der Waals surface area contributed by atoms with Crippen molar-refractivity contribution >= 4 is 11.9 Å². The predicted octanol–water partition coefficient (Wildman–Crippen LogP) is 2.18. The van der Waals surface area contributed by atoms with Crippen molar-refractivity contribution in [3.8, 4) is 0 Å². The molecular formula is C18H25N3O2. The lowest BCUT2D eigenvalue weighted by molar-refractivity contribution is -0.127. The van der Waals surface area contributed by atoms with E-state index in [0.717, 1.165) is 32.4 Å². The fraction of sp³-hybridized carbons (Fsp3) is 0.556. The maximum atomic E-state index is 12.6. The van der Waals surface area contributed by atoms with Crippen LogP contribution in [-0.4, -0.2) is 59.5 Å². The van der Waals surface area contributed by atoms with E-state index < -0.39 is 0 Å². The Labute approximate surface area is 137 Å². The summed E-state index contributed by atoms with van der Waals surface area (Å²) in [7, 11) is 1.75. The highest BCUT2D eigenvalue weighted by Gasteiger charge is 2.38. The summed E-state index contributed by atoms with van der Waals surface area (Å²) in [5, 5.41) is 0. The predicted molar refractivity (Wildman–Crippen MR) is 88.8 cm³/mol. The van der Waals surface area contributed by atoms with Crippen LogP contribution in [0.2, 0.25) is 0 Å². The number of amides is 3. The normalized spacial score (nSPS) is 22.8. The van der Waals surface area contributed by atoms with Crippen LogP contribution in [0.1, 0.15) is 25.3 Å². The zero-order valence-electron chi connectivity index (χ0n) is 13.9. The number of benzene rings is 1. The van der Waals surface area contributed by atoms with Crippen molar-refractivity contribution in [1.82, 2.24) is 14.7 Å². The summed E-state index contributed by atoms with van der Waals surface area (Å²) < 4.78 is 0. The van der Waals surface area contributed by atoms with Crippen LogP contribution < -0.4 is 0 Å². The third-order valence-corrected chi connectivity index (χ3v) is 5.06. The van der Waals surface area contributed by atoms with Gasteiger partial charge in [0, 0.05) is 20.1 Å². The fourth-order valence-corrected chi connectivity index (χ4v) is 3.56. The summed E-state index contributed by atoms with van der Waals surface area (Å²) in [6.45, 7) is 3.80. The van der Waals surface area contributed by atoms with E-state index in [4.69, 9.17) is 0 Å². The Balaban J connectivity index is 1.53. The van der Waals surface area contributed by atoms with Gasteiger partial charge in [-0.25, -0.2) is 4.79 Å². The number of hydrogen-bond acceptors (Lipinski definition) is 2. The van der Waals surface area contributed by atoms with Gasteiger partial charge in [0.1, 0.15) is 6.04 Å². The zero-order valence-corrected chi connectivity index (χ0v) is 13.9. The first-order valence-electron chi connectivity index (χ1n) is 8.40. The Morgan fingerprint density at radius 1 is 1.17 bits per heavy atom. The second-order valence-corrected chi connectivity index (χ2v) is 6.73. The maximum Gasteiger partial charge on any atom is 0.322 e. The highest BCUT2D eigenvalue weighted by molar-refractivity contribution is 5.89. The SMILES string of the molecule is CC1C(=O)N(C)CN1C(=O)N1CCC(Cc2ccccc2)CC1. The molecule has 5 heteroatoms. The molecule has 1 aromatic carbocycles. The summed E-state index contributed by atoms with van der Waals surface area (Å²) in [4.78, 5) is 29.7. The van der Waals surface area contributed by atoms with Crippen molar-refractivity contribution in [3.63, 3.8) is 0 Å². The highest BCUT2D eigenvalue weighted by Crippen LogP contribution is 2.24. The lowest BCUT2D eigenvalue weighted by Gasteiger charge is -2.35. The molecule has 2 aliphatic rings. The number of hydrogen-bond donors (Lipinski definition) is 0. The van der Waals surface area contributed by atoms with Crippen LogP contribution in [0.25, 0.3) is 0 Å². The van der Waals surface area contributed by atoms with Crippen molar-refractivity contribution in [2.45, 2.75) is 32.2 Å². The van der Waals surface area contributed by atoms with E-state index in [1.54, 1.807) is 16.8 Å². The number of likely N-dealkylation sites (tertiary alicyclic amines) is 1. The molecular weight excluding hydrogens is 290 g/mol. The quantitative estimate of drug-likeness (QED) is 0.839. The fourth-order valence-electron chi connectivity index (χ4n) is 3.56. The van der Waals surface area contributed by atoms with Crippen LogP contribution in [0.4, 0.5) is 4.79 Å². The number of piperidine rings is 1. The monoisotopic (exact) mass is 315 g/mol. The minimum absolute atomic E-state index is 0.00774. The molecule has 0 radical (unpaired) electrons. The molecule has 0 bridgehead atoms. The van der Waals surface area contributed by atoms with Crippen LogP contribution in [0.3, 0.4) is 0 Å². The second-order valence-electron chi connectivity index (χ2n) is 6.73. The number of carbonyl (C=O) groups is 2. The standard InChI is InChI=1S/C18H25N3O2/c1-14-17(22)19(2)13-21(14)18(23)20-10-8-16(9-11-20)12-15-6-4-3-5-7-15/h3-7,14,16H,8-13H2,1-2H3. The maximum absolute atomic E-state index is 12.6. The molecule has 0 spiro atoms. The van der Waals surface area contributed by atoms with Gasteiger partial charge in [-0.3, -0.25) is 9.69 Å². The first-order valence-corrected chi connectivity index (χ1v) is 8.40. The molecule has 5 nitrogen and oxygen atoms in total. The molecule has 3 rings (SSSR count). The van der Waals surface area contributed by atoms with Gasteiger partial charge in [0.15, 0.2) is 0 Å². The Hall–Kier alpha value is -2.04. The van der Waals surface area contributed by atoms with Crippen molar-refractivity contribution in [2.75, 3.05) is 26.8 Å². The highest BCUT2D eigenvalue weighted by atomic mass is 16.2. The summed E-state index contributed by atoms with van der Waals surface area (Å²) >= 11 is 0. The molecule has 23 heavy (non-hydrogen) atoms. The second kappa shape index (κ2) is 6.60. The minimum Gasteiger partial charge on any atom is -0.326 e.